The van der Waals surface area contributed by atoms with Gasteiger partial charge < -0.3 is 10.5 Å². The predicted molar refractivity (Wildman–Crippen MR) is 83.0 cm³/mol. The molecule has 1 aliphatic rings. The zero-order valence-electron chi connectivity index (χ0n) is 12.7. The summed E-state index contributed by atoms with van der Waals surface area (Å²) in [4.78, 5) is 5.01. The Labute approximate surface area is 122 Å². The van der Waals surface area contributed by atoms with Crippen molar-refractivity contribution in [2.45, 2.75) is 26.4 Å². The van der Waals surface area contributed by atoms with Crippen molar-refractivity contribution in [2.75, 3.05) is 39.3 Å². The summed E-state index contributed by atoms with van der Waals surface area (Å²) in [6, 6.07) is 8.70. The number of piperazine rings is 1. The van der Waals surface area contributed by atoms with Gasteiger partial charge in [-0.05, 0) is 31.5 Å². The van der Waals surface area contributed by atoms with Crippen LogP contribution >= 0.6 is 0 Å². The largest absolute Gasteiger partial charge is 0.492 e. The molecule has 112 valence electrons. The molecule has 0 unspecified atom stereocenters. The van der Waals surface area contributed by atoms with Crippen LogP contribution in [0.4, 0.5) is 0 Å². The molecule has 4 nitrogen and oxygen atoms in total. The molecule has 0 saturated carbocycles. The molecular formula is C16H27N3O. The first-order valence-electron chi connectivity index (χ1n) is 7.57. The summed E-state index contributed by atoms with van der Waals surface area (Å²) < 4.78 is 5.81. The van der Waals surface area contributed by atoms with Gasteiger partial charge in [0.2, 0.25) is 0 Å². The second-order valence-electron chi connectivity index (χ2n) is 5.67. The average Bonchev–Trinajstić information content (AvgIpc) is 2.48. The molecule has 0 spiro atoms. The molecule has 1 aliphatic heterocycles. The first-order valence-corrected chi connectivity index (χ1v) is 7.57. The van der Waals surface area contributed by atoms with E-state index in [9.17, 15) is 0 Å². The van der Waals surface area contributed by atoms with Crippen molar-refractivity contribution in [3.63, 3.8) is 0 Å². The zero-order valence-corrected chi connectivity index (χ0v) is 12.7. The van der Waals surface area contributed by atoms with Gasteiger partial charge in [0.25, 0.3) is 0 Å². The summed E-state index contributed by atoms with van der Waals surface area (Å²) in [5, 5.41) is 0. The number of ether oxygens (including phenoxy) is 1. The molecule has 2 rings (SSSR count). The Bertz CT molecular complexity index is 400. The first kappa shape index (κ1) is 15.3. The Morgan fingerprint density at radius 3 is 2.60 bits per heavy atom. The molecular weight excluding hydrogens is 250 g/mol. The van der Waals surface area contributed by atoms with E-state index in [1.54, 1.807) is 0 Å². The minimum absolute atomic E-state index is 0.564. The number of rotatable bonds is 6. The van der Waals surface area contributed by atoms with Crippen LogP contribution in [0, 0.1) is 0 Å². The molecule has 0 amide bonds. The molecule has 4 heteroatoms. The maximum Gasteiger partial charge on any atom is 0.119 e. The van der Waals surface area contributed by atoms with Crippen LogP contribution in [0.3, 0.4) is 0 Å². The van der Waals surface area contributed by atoms with E-state index in [-0.39, 0.29) is 0 Å². The van der Waals surface area contributed by atoms with Gasteiger partial charge in [-0.15, -0.1) is 0 Å². The van der Waals surface area contributed by atoms with Gasteiger partial charge in [-0.1, -0.05) is 12.1 Å². The highest BCUT2D eigenvalue weighted by Crippen LogP contribution is 2.13. The highest BCUT2D eigenvalue weighted by atomic mass is 16.5. The number of hydrogen-bond donors (Lipinski definition) is 1. The molecule has 0 aliphatic carbocycles. The molecule has 1 heterocycles. The summed E-state index contributed by atoms with van der Waals surface area (Å²) in [5.74, 6) is 0.925. The Balaban J connectivity index is 1.69. The fourth-order valence-corrected chi connectivity index (χ4v) is 2.56. The van der Waals surface area contributed by atoms with Crippen molar-refractivity contribution in [2.24, 2.45) is 5.73 Å². The predicted octanol–water partition coefficient (Wildman–Crippen LogP) is 1.55. The van der Waals surface area contributed by atoms with Crippen LogP contribution in [0.1, 0.15) is 19.4 Å². The quantitative estimate of drug-likeness (QED) is 0.856. The molecule has 0 bridgehead atoms. The maximum absolute atomic E-state index is 5.81. The molecule has 1 aromatic carbocycles. The second-order valence-corrected chi connectivity index (χ2v) is 5.67. The van der Waals surface area contributed by atoms with Gasteiger partial charge in [-0.3, -0.25) is 9.80 Å². The third-order valence-electron chi connectivity index (χ3n) is 3.95. The van der Waals surface area contributed by atoms with Crippen molar-refractivity contribution in [3.05, 3.63) is 29.8 Å². The van der Waals surface area contributed by atoms with Crippen LogP contribution in [0.25, 0.3) is 0 Å². The van der Waals surface area contributed by atoms with Gasteiger partial charge in [0, 0.05) is 45.3 Å². The number of benzene rings is 1. The van der Waals surface area contributed by atoms with Crippen LogP contribution < -0.4 is 10.5 Å². The fourth-order valence-electron chi connectivity index (χ4n) is 2.56. The van der Waals surface area contributed by atoms with Crippen LogP contribution in [0.5, 0.6) is 5.75 Å². The first-order chi connectivity index (χ1) is 9.69. The fraction of sp³-hybridized carbons (Fsp3) is 0.625. The Kier molecular flexibility index (Phi) is 5.83. The summed E-state index contributed by atoms with van der Waals surface area (Å²) in [6.07, 6.45) is 0. The lowest BCUT2D eigenvalue weighted by molar-refractivity contribution is 0.0971. The Morgan fingerprint density at radius 1 is 1.20 bits per heavy atom. The van der Waals surface area contributed by atoms with Crippen LogP contribution in [-0.4, -0.2) is 55.2 Å². The second kappa shape index (κ2) is 7.62. The van der Waals surface area contributed by atoms with E-state index in [0.717, 1.165) is 37.6 Å². The van der Waals surface area contributed by atoms with Crippen molar-refractivity contribution in [1.29, 1.82) is 0 Å². The van der Waals surface area contributed by atoms with Gasteiger partial charge in [0.1, 0.15) is 12.4 Å². The topological polar surface area (TPSA) is 41.7 Å². The van der Waals surface area contributed by atoms with Gasteiger partial charge in [0.05, 0.1) is 0 Å². The summed E-state index contributed by atoms with van der Waals surface area (Å²) in [7, 11) is 0. The van der Waals surface area contributed by atoms with E-state index in [4.69, 9.17) is 10.5 Å². The summed E-state index contributed by atoms with van der Waals surface area (Å²) in [5.41, 5.74) is 6.75. The molecule has 2 N–H and O–H groups in total. The molecule has 1 saturated heterocycles. The number of hydrogen-bond acceptors (Lipinski definition) is 4. The van der Waals surface area contributed by atoms with E-state index < -0.39 is 0 Å². The molecule has 0 aromatic heterocycles. The standard InChI is InChI=1S/C16H27N3O/c1-14(2)19-8-6-18(7-9-19)10-11-20-16-5-3-4-15(12-16)13-17/h3-5,12,14H,6-11,13,17H2,1-2H3. The maximum atomic E-state index is 5.81. The SMILES string of the molecule is CC(C)N1CCN(CCOc2cccc(CN)c2)CC1. The molecule has 0 atom stereocenters. The van der Waals surface area contributed by atoms with E-state index in [1.165, 1.54) is 13.1 Å². The third-order valence-corrected chi connectivity index (χ3v) is 3.95. The van der Waals surface area contributed by atoms with Crippen LogP contribution in [-0.2, 0) is 6.54 Å². The summed E-state index contributed by atoms with van der Waals surface area (Å²) in [6.45, 7) is 11.5. The van der Waals surface area contributed by atoms with Gasteiger partial charge in [0.15, 0.2) is 0 Å². The monoisotopic (exact) mass is 277 g/mol. The molecule has 20 heavy (non-hydrogen) atoms. The lowest BCUT2D eigenvalue weighted by Gasteiger charge is -2.36. The Morgan fingerprint density at radius 2 is 1.95 bits per heavy atom. The molecule has 1 fully saturated rings. The minimum Gasteiger partial charge on any atom is -0.492 e. The van der Waals surface area contributed by atoms with E-state index in [2.05, 4.69) is 23.6 Å². The summed E-state index contributed by atoms with van der Waals surface area (Å²) >= 11 is 0. The van der Waals surface area contributed by atoms with Gasteiger partial charge in [-0.25, -0.2) is 0 Å². The molecule has 1 aromatic rings. The average molecular weight is 277 g/mol. The zero-order chi connectivity index (χ0) is 14.4. The highest BCUT2D eigenvalue weighted by molar-refractivity contribution is 5.28. The van der Waals surface area contributed by atoms with E-state index >= 15 is 0 Å². The molecule has 0 radical (unpaired) electrons. The lowest BCUT2D eigenvalue weighted by atomic mass is 10.2. The van der Waals surface area contributed by atoms with E-state index in [1.807, 2.05) is 24.3 Å². The van der Waals surface area contributed by atoms with E-state index in [0.29, 0.717) is 12.6 Å². The minimum atomic E-state index is 0.564. The Hall–Kier alpha value is -1.10. The number of nitrogens with zero attached hydrogens (tertiary/aromatic N) is 2. The van der Waals surface area contributed by atoms with Crippen LogP contribution in [0.15, 0.2) is 24.3 Å². The highest BCUT2D eigenvalue weighted by Gasteiger charge is 2.18. The number of nitrogens with two attached hydrogens (primary N) is 1. The van der Waals surface area contributed by atoms with Crippen molar-refractivity contribution >= 4 is 0 Å². The van der Waals surface area contributed by atoms with Gasteiger partial charge in [-0.2, -0.15) is 0 Å². The van der Waals surface area contributed by atoms with Gasteiger partial charge >= 0.3 is 0 Å². The lowest BCUT2D eigenvalue weighted by Crippen LogP contribution is -2.49. The third kappa shape index (κ3) is 4.47. The smallest absolute Gasteiger partial charge is 0.119 e. The van der Waals surface area contributed by atoms with Crippen LogP contribution in [0.2, 0.25) is 0 Å². The van der Waals surface area contributed by atoms with Crippen molar-refractivity contribution in [1.82, 2.24) is 9.80 Å². The normalized spacial score (nSPS) is 17.6. The van der Waals surface area contributed by atoms with Crippen molar-refractivity contribution in [3.8, 4) is 5.75 Å². The van der Waals surface area contributed by atoms with Crippen molar-refractivity contribution < 1.29 is 4.74 Å².